The zero-order valence-corrected chi connectivity index (χ0v) is 15.5. The van der Waals surface area contributed by atoms with Gasteiger partial charge in [0, 0.05) is 12.5 Å². The number of hydrogen-bond acceptors (Lipinski definition) is 2. The summed E-state index contributed by atoms with van der Waals surface area (Å²) in [5, 5.41) is 0. The number of hydrogen-bond donors (Lipinski definition) is 0. The summed E-state index contributed by atoms with van der Waals surface area (Å²) in [4.78, 5) is 5.56. The third kappa shape index (κ3) is 1.63. The highest BCUT2D eigenvalue weighted by Gasteiger charge is 2.54. The van der Waals surface area contributed by atoms with Crippen molar-refractivity contribution in [3.05, 3.63) is 35.4 Å². The fourth-order valence-electron chi connectivity index (χ4n) is 6.04. The van der Waals surface area contributed by atoms with Crippen molar-refractivity contribution in [2.45, 2.75) is 71.5 Å². The number of fused-ring (bicyclic) bond motifs is 5. The second-order valence-corrected chi connectivity index (χ2v) is 8.97. The van der Waals surface area contributed by atoms with Crippen LogP contribution in [0.25, 0.3) is 0 Å². The number of rotatable bonds is 1. The second kappa shape index (κ2) is 4.80. The van der Waals surface area contributed by atoms with Gasteiger partial charge in [0.05, 0.1) is 17.4 Å². The molecule has 2 heteroatoms. The summed E-state index contributed by atoms with van der Waals surface area (Å²) in [5.74, 6) is 1.28. The zero-order chi connectivity index (χ0) is 16.6. The van der Waals surface area contributed by atoms with Crippen LogP contribution in [0.3, 0.4) is 0 Å². The smallest absolute Gasteiger partial charge is 0.102 e. The molecule has 4 atom stereocenters. The van der Waals surface area contributed by atoms with E-state index >= 15 is 0 Å². The molecule has 3 heterocycles. The molecule has 3 aliphatic heterocycles. The molecule has 0 radical (unpaired) electrons. The quantitative estimate of drug-likeness (QED) is 0.647. The van der Waals surface area contributed by atoms with Crippen molar-refractivity contribution in [1.29, 1.82) is 0 Å². The van der Waals surface area contributed by atoms with Gasteiger partial charge in [0.15, 0.2) is 0 Å². The highest BCUT2D eigenvalue weighted by Crippen LogP contribution is 2.60. The average molecular weight is 322 g/mol. The molecule has 128 valence electrons. The van der Waals surface area contributed by atoms with E-state index in [2.05, 4.69) is 61.8 Å². The van der Waals surface area contributed by atoms with E-state index in [-0.39, 0.29) is 0 Å². The Hall–Kier alpha value is -1.44. The molecule has 0 amide bonds. The lowest BCUT2D eigenvalue weighted by atomic mass is 9.60. The Morgan fingerprint density at radius 2 is 2.08 bits per heavy atom. The molecule has 5 rings (SSSR count). The second-order valence-electron chi connectivity index (χ2n) is 8.97. The first-order valence-electron chi connectivity index (χ1n) is 9.92. The summed E-state index contributed by atoms with van der Waals surface area (Å²) >= 11 is 0. The number of anilines is 2. The van der Waals surface area contributed by atoms with Gasteiger partial charge in [-0.25, -0.2) is 0 Å². The fourth-order valence-corrected chi connectivity index (χ4v) is 6.04. The summed E-state index contributed by atoms with van der Waals surface area (Å²) in [6.07, 6.45) is 8.42. The molecular weight excluding hydrogens is 292 g/mol. The molecule has 1 aliphatic carbocycles. The lowest BCUT2D eigenvalue weighted by Gasteiger charge is -2.55. The number of benzene rings is 1. The molecule has 0 aromatic heterocycles. The monoisotopic (exact) mass is 322 g/mol. The Labute approximate surface area is 146 Å². The number of para-hydroxylation sites is 1. The Balaban J connectivity index is 1.77. The summed E-state index contributed by atoms with van der Waals surface area (Å²) < 4.78 is 0. The summed E-state index contributed by atoms with van der Waals surface area (Å²) in [5.41, 5.74) is 6.73. The van der Waals surface area contributed by atoms with E-state index in [0.717, 1.165) is 0 Å². The van der Waals surface area contributed by atoms with Crippen LogP contribution in [0.2, 0.25) is 0 Å². The van der Waals surface area contributed by atoms with Crippen molar-refractivity contribution in [1.82, 2.24) is 0 Å². The molecule has 2 nitrogen and oxygen atoms in total. The number of nitrogens with zero attached hydrogens (tertiary/aromatic N) is 2. The highest BCUT2D eigenvalue weighted by atomic mass is 15.4. The van der Waals surface area contributed by atoms with Gasteiger partial charge < -0.3 is 9.80 Å². The van der Waals surface area contributed by atoms with Crippen LogP contribution in [-0.4, -0.2) is 18.8 Å². The van der Waals surface area contributed by atoms with Gasteiger partial charge in [0.1, 0.15) is 6.17 Å². The maximum atomic E-state index is 2.86. The minimum absolute atomic E-state index is 0.377. The maximum Gasteiger partial charge on any atom is 0.102 e. The molecule has 1 aromatic carbocycles. The minimum atomic E-state index is 0.377. The molecule has 4 aliphatic rings. The first kappa shape index (κ1) is 14.9. The molecular formula is C22H30N2. The van der Waals surface area contributed by atoms with Crippen molar-refractivity contribution in [3.8, 4) is 0 Å². The van der Waals surface area contributed by atoms with Gasteiger partial charge in [0.25, 0.3) is 0 Å². The molecule has 1 saturated heterocycles. The maximum absolute atomic E-state index is 2.86. The van der Waals surface area contributed by atoms with Gasteiger partial charge in [-0.05, 0) is 54.2 Å². The van der Waals surface area contributed by atoms with Crippen LogP contribution >= 0.6 is 0 Å². The SMILES string of the molecule is CC(C)C1(C)CCC=C2C1N1c3c(cccc3N3CCCC31)[C@H]2C. The normalized spacial score (nSPS) is 36.5. The van der Waals surface area contributed by atoms with Gasteiger partial charge in [-0.15, -0.1) is 0 Å². The van der Waals surface area contributed by atoms with Crippen molar-refractivity contribution >= 4 is 11.4 Å². The topological polar surface area (TPSA) is 6.48 Å². The van der Waals surface area contributed by atoms with E-state index in [0.29, 0.717) is 29.5 Å². The zero-order valence-electron chi connectivity index (χ0n) is 15.5. The Kier molecular flexibility index (Phi) is 2.98. The summed E-state index contributed by atoms with van der Waals surface area (Å²) in [7, 11) is 0. The lowest BCUT2D eigenvalue weighted by molar-refractivity contribution is 0.144. The third-order valence-electron chi connectivity index (χ3n) is 7.72. The van der Waals surface area contributed by atoms with E-state index in [4.69, 9.17) is 0 Å². The Morgan fingerprint density at radius 3 is 2.88 bits per heavy atom. The standard InChI is InChI=1S/C22H30N2/c1-14(2)22(4)12-6-9-17-15(3)16-8-5-10-18-20(16)24(21(17)22)19-11-7-13-23(18)19/h5,8-10,14-15,19,21H,6-7,11-13H2,1-4H3/t15-,19?,21?,22?/m1/s1. The summed E-state index contributed by atoms with van der Waals surface area (Å²) in [6, 6.07) is 7.63. The van der Waals surface area contributed by atoms with Gasteiger partial charge >= 0.3 is 0 Å². The van der Waals surface area contributed by atoms with Crippen molar-refractivity contribution < 1.29 is 0 Å². The number of allylic oxidation sites excluding steroid dienone is 1. The largest absolute Gasteiger partial charge is 0.349 e. The van der Waals surface area contributed by atoms with Crippen LogP contribution in [-0.2, 0) is 0 Å². The van der Waals surface area contributed by atoms with Gasteiger partial charge in [-0.1, -0.05) is 45.9 Å². The van der Waals surface area contributed by atoms with E-state index in [1.807, 2.05) is 0 Å². The molecule has 1 fully saturated rings. The molecule has 3 unspecified atom stereocenters. The predicted molar refractivity (Wildman–Crippen MR) is 102 cm³/mol. The molecule has 24 heavy (non-hydrogen) atoms. The molecule has 1 aromatic rings. The first-order valence-corrected chi connectivity index (χ1v) is 9.92. The lowest BCUT2D eigenvalue weighted by Crippen LogP contribution is -2.58. The van der Waals surface area contributed by atoms with Gasteiger partial charge in [-0.3, -0.25) is 0 Å². The highest BCUT2D eigenvalue weighted by molar-refractivity contribution is 5.85. The van der Waals surface area contributed by atoms with E-state index in [1.165, 1.54) is 37.9 Å². The van der Waals surface area contributed by atoms with Crippen LogP contribution in [0.4, 0.5) is 11.4 Å². The van der Waals surface area contributed by atoms with Crippen LogP contribution in [0.1, 0.15) is 64.9 Å². The third-order valence-corrected chi connectivity index (χ3v) is 7.72. The molecule has 0 N–H and O–H groups in total. The molecule has 0 bridgehead atoms. The van der Waals surface area contributed by atoms with Crippen LogP contribution in [0.15, 0.2) is 29.8 Å². The predicted octanol–water partition coefficient (Wildman–Crippen LogP) is 5.30. The molecule has 0 saturated carbocycles. The van der Waals surface area contributed by atoms with Crippen molar-refractivity contribution in [3.63, 3.8) is 0 Å². The van der Waals surface area contributed by atoms with Crippen LogP contribution in [0.5, 0.6) is 0 Å². The minimum Gasteiger partial charge on any atom is -0.349 e. The van der Waals surface area contributed by atoms with E-state index in [9.17, 15) is 0 Å². The van der Waals surface area contributed by atoms with Crippen molar-refractivity contribution in [2.24, 2.45) is 11.3 Å². The van der Waals surface area contributed by atoms with Gasteiger partial charge in [-0.2, -0.15) is 0 Å². The Bertz CT molecular complexity index is 719. The first-order chi connectivity index (χ1) is 11.5. The molecule has 0 spiro atoms. The fraction of sp³-hybridized carbons (Fsp3) is 0.636. The van der Waals surface area contributed by atoms with E-state index < -0.39 is 0 Å². The Morgan fingerprint density at radius 1 is 1.25 bits per heavy atom. The van der Waals surface area contributed by atoms with Crippen LogP contribution in [0, 0.1) is 11.3 Å². The average Bonchev–Trinajstić information content (AvgIpc) is 3.14. The van der Waals surface area contributed by atoms with Gasteiger partial charge in [0.2, 0.25) is 0 Å². The van der Waals surface area contributed by atoms with E-state index in [1.54, 1.807) is 16.8 Å². The summed E-state index contributed by atoms with van der Waals surface area (Å²) in [6.45, 7) is 11.1. The van der Waals surface area contributed by atoms with Crippen molar-refractivity contribution in [2.75, 3.05) is 16.3 Å². The van der Waals surface area contributed by atoms with Crippen LogP contribution < -0.4 is 9.80 Å².